The first-order chi connectivity index (χ1) is 7.51. The summed E-state index contributed by atoms with van der Waals surface area (Å²) in [6, 6.07) is 3.13. The zero-order valence-electron chi connectivity index (χ0n) is 9.29. The van der Waals surface area contributed by atoms with Crippen LogP contribution in [0.4, 0.5) is 8.78 Å². The summed E-state index contributed by atoms with van der Waals surface area (Å²) in [6.45, 7) is 3.77. The van der Waals surface area contributed by atoms with E-state index in [4.69, 9.17) is 5.26 Å². The van der Waals surface area contributed by atoms with Gasteiger partial charge in [0, 0.05) is 11.3 Å². The number of aromatic nitrogens is 1. The maximum Gasteiger partial charge on any atom is 0.265 e. The first-order valence-electron chi connectivity index (χ1n) is 4.78. The van der Waals surface area contributed by atoms with Crippen molar-refractivity contribution in [2.24, 2.45) is 0 Å². The second-order valence-corrected chi connectivity index (χ2v) is 4.38. The van der Waals surface area contributed by atoms with Crippen molar-refractivity contribution in [2.75, 3.05) is 6.26 Å². The van der Waals surface area contributed by atoms with Crippen LogP contribution in [-0.4, -0.2) is 11.2 Å². The number of nitriles is 1. The molecule has 0 spiro atoms. The first-order valence-corrected chi connectivity index (χ1v) is 6.00. The van der Waals surface area contributed by atoms with E-state index >= 15 is 0 Å². The largest absolute Gasteiger partial charge is 0.265 e. The fourth-order valence-corrected chi connectivity index (χ4v) is 1.85. The summed E-state index contributed by atoms with van der Waals surface area (Å²) in [5, 5.41) is 9.25. The highest BCUT2D eigenvalue weighted by atomic mass is 32.2. The summed E-state index contributed by atoms with van der Waals surface area (Å²) in [7, 11) is 0. The Balaban J connectivity index is 3.45. The molecule has 0 saturated heterocycles. The summed E-state index contributed by atoms with van der Waals surface area (Å²) in [4.78, 5) is 4.21. The lowest BCUT2D eigenvalue weighted by Crippen LogP contribution is -2.02. The third-order valence-electron chi connectivity index (χ3n) is 2.17. The lowest BCUT2D eigenvalue weighted by Gasteiger charge is -2.11. The summed E-state index contributed by atoms with van der Waals surface area (Å²) in [5.41, 5.74) is 0.371. The number of thioether (sulfide) groups is 1. The average molecular weight is 242 g/mol. The molecule has 5 heteroatoms. The van der Waals surface area contributed by atoms with Crippen LogP contribution in [0.25, 0.3) is 0 Å². The van der Waals surface area contributed by atoms with Gasteiger partial charge in [-0.25, -0.2) is 13.8 Å². The number of rotatable bonds is 3. The molecular formula is C11H12F2N2S. The Morgan fingerprint density at radius 1 is 1.44 bits per heavy atom. The minimum Gasteiger partial charge on any atom is -0.245 e. The molecule has 16 heavy (non-hydrogen) atoms. The lowest BCUT2D eigenvalue weighted by molar-refractivity contribution is 0.150. The van der Waals surface area contributed by atoms with E-state index in [1.807, 2.05) is 13.8 Å². The predicted molar refractivity (Wildman–Crippen MR) is 59.8 cm³/mol. The van der Waals surface area contributed by atoms with Gasteiger partial charge in [0.25, 0.3) is 6.43 Å². The van der Waals surface area contributed by atoms with Crippen molar-refractivity contribution in [1.82, 2.24) is 4.98 Å². The molecular weight excluding hydrogens is 230 g/mol. The molecule has 0 aliphatic heterocycles. The second kappa shape index (κ2) is 5.26. The van der Waals surface area contributed by atoms with Crippen molar-refractivity contribution < 1.29 is 8.78 Å². The predicted octanol–water partition coefficient (Wildman–Crippen LogP) is 3.74. The second-order valence-electron chi connectivity index (χ2n) is 3.59. The van der Waals surface area contributed by atoms with Crippen LogP contribution >= 0.6 is 11.8 Å². The number of nitrogens with zero attached hydrogens (tertiary/aromatic N) is 2. The molecule has 0 saturated carbocycles. The van der Waals surface area contributed by atoms with Crippen molar-refractivity contribution in [1.29, 1.82) is 5.26 Å². The van der Waals surface area contributed by atoms with Crippen LogP contribution in [0, 0.1) is 11.3 Å². The van der Waals surface area contributed by atoms with E-state index < -0.39 is 6.43 Å². The molecule has 0 fully saturated rings. The normalized spacial score (nSPS) is 10.9. The zero-order chi connectivity index (χ0) is 12.3. The monoisotopic (exact) mass is 242 g/mol. The number of halogens is 2. The highest BCUT2D eigenvalue weighted by Crippen LogP contribution is 2.30. The summed E-state index contributed by atoms with van der Waals surface area (Å²) in [6.07, 6.45) is -0.913. The Morgan fingerprint density at radius 2 is 2.06 bits per heavy atom. The molecule has 0 aromatic carbocycles. The van der Waals surface area contributed by atoms with Gasteiger partial charge in [0.2, 0.25) is 0 Å². The van der Waals surface area contributed by atoms with E-state index in [2.05, 4.69) is 4.98 Å². The Hall–Kier alpha value is -1.15. The lowest BCUT2D eigenvalue weighted by atomic mass is 10.0. The summed E-state index contributed by atoms with van der Waals surface area (Å²) >= 11 is 1.22. The van der Waals surface area contributed by atoms with Crippen LogP contribution in [-0.2, 0) is 0 Å². The molecule has 0 N–H and O–H groups in total. The van der Waals surface area contributed by atoms with E-state index in [1.54, 1.807) is 12.3 Å². The fraction of sp³-hybridized carbons (Fsp3) is 0.455. The molecule has 0 unspecified atom stereocenters. The van der Waals surface area contributed by atoms with Crippen molar-refractivity contribution in [3.63, 3.8) is 0 Å². The molecule has 1 rings (SSSR count). The zero-order valence-corrected chi connectivity index (χ0v) is 10.1. The topological polar surface area (TPSA) is 36.7 Å². The number of hydrogen-bond donors (Lipinski definition) is 0. The average Bonchev–Trinajstić information content (AvgIpc) is 2.26. The van der Waals surface area contributed by atoms with Gasteiger partial charge in [0.05, 0.1) is 5.56 Å². The third-order valence-corrected chi connectivity index (χ3v) is 2.85. The van der Waals surface area contributed by atoms with E-state index in [0.29, 0.717) is 10.7 Å². The van der Waals surface area contributed by atoms with Crippen molar-refractivity contribution in [3.05, 3.63) is 22.9 Å². The summed E-state index contributed by atoms with van der Waals surface area (Å²) < 4.78 is 25.6. The van der Waals surface area contributed by atoms with Crippen molar-refractivity contribution >= 4 is 11.8 Å². The number of hydrogen-bond acceptors (Lipinski definition) is 3. The quantitative estimate of drug-likeness (QED) is 0.758. The molecule has 0 aliphatic rings. The van der Waals surface area contributed by atoms with Gasteiger partial charge in [-0.1, -0.05) is 13.8 Å². The van der Waals surface area contributed by atoms with Gasteiger partial charge >= 0.3 is 0 Å². The highest BCUT2D eigenvalue weighted by molar-refractivity contribution is 7.98. The molecule has 86 valence electrons. The molecule has 1 heterocycles. The minimum atomic E-state index is -2.64. The van der Waals surface area contributed by atoms with Gasteiger partial charge in [-0.3, -0.25) is 0 Å². The highest BCUT2D eigenvalue weighted by Gasteiger charge is 2.19. The van der Waals surface area contributed by atoms with Gasteiger partial charge < -0.3 is 0 Å². The smallest absolute Gasteiger partial charge is 0.245 e. The molecule has 1 aromatic rings. The van der Waals surface area contributed by atoms with Crippen molar-refractivity contribution in [3.8, 4) is 6.07 Å². The third kappa shape index (κ3) is 2.50. The molecule has 0 bridgehead atoms. The van der Waals surface area contributed by atoms with Crippen LogP contribution < -0.4 is 0 Å². The Morgan fingerprint density at radius 3 is 2.44 bits per heavy atom. The molecule has 0 aliphatic carbocycles. The summed E-state index contributed by atoms with van der Waals surface area (Å²) in [5.74, 6) is 0.0659. The molecule has 2 nitrogen and oxygen atoms in total. The Labute approximate surface area is 97.7 Å². The van der Waals surface area contributed by atoms with Crippen molar-refractivity contribution in [2.45, 2.75) is 31.2 Å². The molecule has 0 amide bonds. The van der Waals surface area contributed by atoms with Crippen LogP contribution in [0.5, 0.6) is 0 Å². The Bertz CT molecular complexity index is 425. The van der Waals surface area contributed by atoms with Crippen LogP contribution in [0.3, 0.4) is 0 Å². The van der Waals surface area contributed by atoms with E-state index in [-0.39, 0.29) is 17.0 Å². The standard InChI is InChI=1S/C11H12F2N2S/c1-6(2)9-4-7(10(12)13)8(5-14)11(15-9)16-3/h4,6,10H,1-3H3. The van der Waals surface area contributed by atoms with E-state index in [0.717, 1.165) is 0 Å². The number of alkyl halides is 2. The fourth-order valence-electron chi connectivity index (χ4n) is 1.29. The Kier molecular flexibility index (Phi) is 4.25. The number of pyridine rings is 1. The SMILES string of the molecule is CSc1nc(C(C)C)cc(C(F)F)c1C#N. The molecule has 0 radical (unpaired) electrons. The maximum absolute atomic E-state index is 12.8. The van der Waals surface area contributed by atoms with Gasteiger partial charge in [-0.2, -0.15) is 5.26 Å². The van der Waals surface area contributed by atoms with E-state index in [9.17, 15) is 8.78 Å². The van der Waals surface area contributed by atoms with Crippen LogP contribution in [0.15, 0.2) is 11.1 Å². The first kappa shape index (κ1) is 12.9. The van der Waals surface area contributed by atoms with Gasteiger partial charge in [0.15, 0.2) is 0 Å². The van der Waals surface area contributed by atoms with Gasteiger partial charge in [-0.15, -0.1) is 11.8 Å². The van der Waals surface area contributed by atoms with E-state index in [1.165, 1.54) is 17.8 Å². The maximum atomic E-state index is 12.8. The van der Waals surface area contributed by atoms with Gasteiger partial charge in [-0.05, 0) is 18.2 Å². The minimum absolute atomic E-state index is 0.00750. The molecule has 0 atom stereocenters. The van der Waals surface area contributed by atoms with Crippen LogP contribution in [0.2, 0.25) is 0 Å². The van der Waals surface area contributed by atoms with Crippen LogP contribution in [0.1, 0.15) is 43.0 Å². The van der Waals surface area contributed by atoms with Gasteiger partial charge in [0.1, 0.15) is 11.1 Å². The molecule has 1 aromatic heterocycles.